The van der Waals surface area contributed by atoms with Crippen LogP contribution in [-0.4, -0.2) is 48.8 Å². The van der Waals surface area contributed by atoms with Crippen LogP contribution >= 0.6 is 0 Å². The first-order valence-electron chi connectivity index (χ1n) is 12.2. The number of carbonyl (C=O) groups excluding carboxylic acids is 1. The third-order valence-corrected chi connectivity index (χ3v) is 6.53. The zero-order valence-corrected chi connectivity index (χ0v) is 20.0. The highest BCUT2D eigenvalue weighted by molar-refractivity contribution is 5.85. The molecule has 0 aliphatic carbocycles. The molecule has 3 aromatic rings. The second kappa shape index (κ2) is 12.0. The molecule has 1 aliphatic rings. The normalized spacial score (nSPS) is 16.4. The van der Waals surface area contributed by atoms with Crippen LogP contribution < -0.4 is 10.5 Å². The molecule has 0 aromatic heterocycles. The van der Waals surface area contributed by atoms with E-state index in [0.717, 1.165) is 32.5 Å². The first-order chi connectivity index (χ1) is 17.1. The molecule has 1 heterocycles. The minimum absolute atomic E-state index is 0.269. The van der Waals surface area contributed by atoms with Gasteiger partial charge in [-0.05, 0) is 55.1 Å². The number of hydrogen-bond acceptors (Lipinski definition) is 6. The predicted octanol–water partition coefficient (Wildman–Crippen LogP) is 3.72. The molecule has 3 aromatic carbocycles. The molecule has 6 heteroatoms. The lowest BCUT2D eigenvalue weighted by atomic mass is 9.86. The molecule has 0 amide bonds. The number of aliphatic hydroxyl groups is 1. The van der Waals surface area contributed by atoms with Crippen molar-refractivity contribution in [3.8, 4) is 5.75 Å². The summed E-state index contributed by atoms with van der Waals surface area (Å²) in [5.74, 6) is 0.137. The smallest absolute Gasteiger partial charge is 0.347 e. The van der Waals surface area contributed by atoms with Crippen LogP contribution in [0.5, 0.6) is 5.75 Å². The number of rotatable bonds is 10. The zero-order chi connectivity index (χ0) is 24.5. The highest BCUT2D eigenvalue weighted by Gasteiger charge is 2.42. The van der Waals surface area contributed by atoms with Gasteiger partial charge < -0.3 is 20.3 Å². The summed E-state index contributed by atoms with van der Waals surface area (Å²) in [5, 5.41) is 11.7. The van der Waals surface area contributed by atoms with Gasteiger partial charge in [-0.1, -0.05) is 72.8 Å². The van der Waals surface area contributed by atoms with Gasteiger partial charge in [-0.2, -0.15) is 0 Å². The van der Waals surface area contributed by atoms with Gasteiger partial charge in [0, 0.05) is 18.7 Å². The van der Waals surface area contributed by atoms with Crippen molar-refractivity contribution in [3.63, 3.8) is 0 Å². The van der Waals surface area contributed by atoms with Crippen molar-refractivity contribution in [2.24, 2.45) is 11.7 Å². The van der Waals surface area contributed by atoms with Crippen LogP contribution in [0.1, 0.15) is 29.5 Å². The van der Waals surface area contributed by atoms with Crippen molar-refractivity contribution in [1.29, 1.82) is 0 Å². The van der Waals surface area contributed by atoms with Gasteiger partial charge in [0.15, 0.2) is 0 Å². The third-order valence-electron chi connectivity index (χ3n) is 6.53. The van der Waals surface area contributed by atoms with E-state index in [1.165, 1.54) is 5.56 Å². The van der Waals surface area contributed by atoms with E-state index in [9.17, 15) is 9.90 Å². The lowest BCUT2D eigenvalue weighted by Gasteiger charge is -2.33. The van der Waals surface area contributed by atoms with Gasteiger partial charge in [0.2, 0.25) is 5.60 Å². The van der Waals surface area contributed by atoms with Crippen molar-refractivity contribution in [3.05, 3.63) is 102 Å². The van der Waals surface area contributed by atoms with Crippen LogP contribution in [0.3, 0.4) is 0 Å². The molecule has 6 nitrogen and oxygen atoms in total. The third kappa shape index (κ3) is 6.28. The summed E-state index contributed by atoms with van der Waals surface area (Å²) in [4.78, 5) is 15.8. The van der Waals surface area contributed by atoms with E-state index in [-0.39, 0.29) is 12.5 Å². The van der Waals surface area contributed by atoms with Crippen molar-refractivity contribution < 1.29 is 19.4 Å². The summed E-state index contributed by atoms with van der Waals surface area (Å²) in [6.45, 7) is 3.86. The second-order valence-corrected chi connectivity index (χ2v) is 9.04. The molecule has 3 N–H and O–H groups in total. The first-order valence-corrected chi connectivity index (χ1v) is 12.2. The van der Waals surface area contributed by atoms with E-state index in [1.807, 2.05) is 12.1 Å². The number of esters is 1. The molecular weight excluding hydrogens is 440 g/mol. The topological polar surface area (TPSA) is 85.0 Å². The van der Waals surface area contributed by atoms with Crippen LogP contribution in [0, 0.1) is 5.92 Å². The Morgan fingerprint density at radius 3 is 2.29 bits per heavy atom. The molecule has 1 fully saturated rings. The van der Waals surface area contributed by atoms with Crippen LogP contribution in [0.4, 0.5) is 0 Å². The molecule has 0 bridgehead atoms. The number of carbonyl (C=O) groups is 1. The first kappa shape index (κ1) is 24.9. The van der Waals surface area contributed by atoms with E-state index in [4.69, 9.17) is 15.2 Å². The van der Waals surface area contributed by atoms with E-state index < -0.39 is 11.6 Å². The monoisotopic (exact) mass is 474 g/mol. The maximum Gasteiger partial charge on any atom is 0.347 e. The lowest BCUT2D eigenvalue weighted by molar-refractivity contribution is -0.164. The number of nitrogens with zero attached hydrogens (tertiary/aromatic N) is 1. The Morgan fingerprint density at radius 1 is 0.943 bits per heavy atom. The van der Waals surface area contributed by atoms with Crippen LogP contribution in [0.2, 0.25) is 0 Å². The summed E-state index contributed by atoms with van der Waals surface area (Å²) in [6, 6.07) is 26.3. The minimum Gasteiger partial charge on any atom is -0.492 e. The fourth-order valence-electron chi connectivity index (χ4n) is 4.52. The van der Waals surface area contributed by atoms with Crippen LogP contribution in [0.25, 0.3) is 0 Å². The van der Waals surface area contributed by atoms with E-state index in [1.54, 1.807) is 48.5 Å². The fourth-order valence-corrected chi connectivity index (χ4v) is 4.52. The lowest BCUT2D eigenvalue weighted by Crippen LogP contribution is -2.40. The Balaban J connectivity index is 1.41. The highest BCUT2D eigenvalue weighted by atomic mass is 16.5. The summed E-state index contributed by atoms with van der Waals surface area (Å²) < 4.78 is 11.4. The Morgan fingerprint density at radius 2 is 1.60 bits per heavy atom. The van der Waals surface area contributed by atoms with Gasteiger partial charge in [-0.15, -0.1) is 0 Å². The minimum atomic E-state index is -1.93. The molecule has 1 saturated heterocycles. The molecule has 0 saturated carbocycles. The van der Waals surface area contributed by atoms with Crippen molar-refractivity contribution in [1.82, 2.24) is 4.90 Å². The van der Waals surface area contributed by atoms with Crippen molar-refractivity contribution in [2.75, 3.05) is 32.8 Å². The highest BCUT2D eigenvalue weighted by Crippen LogP contribution is 2.33. The van der Waals surface area contributed by atoms with Crippen LogP contribution in [0.15, 0.2) is 84.9 Å². The van der Waals surface area contributed by atoms with Gasteiger partial charge in [0.25, 0.3) is 0 Å². The Bertz CT molecular complexity index is 1070. The standard InChI is InChI=1S/C29H34N2O4/c30-16-19-34-27-13-7-12-26(20-27)29(33,25-10-5-2-6-11-25)28(32)35-22-24-14-17-31(18-15-24)21-23-8-3-1-4-9-23/h1-13,20,24,33H,14-19,21-22,30H2. The second-order valence-electron chi connectivity index (χ2n) is 9.04. The number of benzene rings is 3. The van der Waals surface area contributed by atoms with Gasteiger partial charge >= 0.3 is 5.97 Å². The predicted molar refractivity (Wildman–Crippen MR) is 136 cm³/mol. The van der Waals surface area contributed by atoms with Gasteiger partial charge in [0.1, 0.15) is 12.4 Å². The SMILES string of the molecule is NCCOc1cccc(C(O)(C(=O)OCC2CCN(Cc3ccccc3)CC2)c2ccccc2)c1. The Kier molecular flexibility index (Phi) is 8.53. The molecule has 184 valence electrons. The summed E-state index contributed by atoms with van der Waals surface area (Å²) in [7, 11) is 0. The molecule has 1 atom stereocenters. The van der Waals surface area contributed by atoms with Crippen molar-refractivity contribution >= 4 is 5.97 Å². The summed E-state index contributed by atoms with van der Waals surface area (Å²) in [5.41, 5.74) is 5.78. The molecule has 4 rings (SSSR count). The molecule has 35 heavy (non-hydrogen) atoms. The number of hydrogen-bond donors (Lipinski definition) is 2. The quantitative estimate of drug-likeness (QED) is 0.436. The van der Waals surface area contributed by atoms with Gasteiger partial charge in [0.05, 0.1) is 6.61 Å². The van der Waals surface area contributed by atoms with E-state index in [0.29, 0.717) is 30.0 Å². The molecule has 1 aliphatic heterocycles. The largest absolute Gasteiger partial charge is 0.492 e. The maximum atomic E-state index is 13.4. The number of piperidine rings is 1. The molecular formula is C29H34N2O4. The number of nitrogens with two attached hydrogens (primary N) is 1. The fraction of sp³-hybridized carbons (Fsp3) is 0.345. The number of likely N-dealkylation sites (tertiary alicyclic amines) is 1. The van der Waals surface area contributed by atoms with E-state index >= 15 is 0 Å². The molecule has 0 radical (unpaired) electrons. The average molecular weight is 475 g/mol. The number of ether oxygens (including phenoxy) is 2. The summed E-state index contributed by atoms with van der Waals surface area (Å²) >= 11 is 0. The average Bonchev–Trinajstić information content (AvgIpc) is 2.92. The maximum absolute atomic E-state index is 13.4. The van der Waals surface area contributed by atoms with Gasteiger partial charge in [-0.25, -0.2) is 4.79 Å². The Hall–Kier alpha value is -3.19. The molecule has 1 unspecified atom stereocenters. The van der Waals surface area contributed by atoms with Crippen molar-refractivity contribution in [2.45, 2.75) is 25.0 Å². The Labute approximate surface area is 207 Å². The van der Waals surface area contributed by atoms with E-state index in [2.05, 4.69) is 29.2 Å². The zero-order valence-electron chi connectivity index (χ0n) is 20.0. The summed E-state index contributed by atoms with van der Waals surface area (Å²) in [6.07, 6.45) is 1.90. The van der Waals surface area contributed by atoms with Gasteiger partial charge in [-0.3, -0.25) is 4.90 Å². The van der Waals surface area contributed by atoms with Crippen LogP contribution in [-0.2, 0) is 21.7 Å². The molecule has 0 spiro atoms.